The lowest BCUT2D eigenvalue weighted by Crippen LogP contribution is -2.04. The maximum absolute atomic E-state index is 13.2. The molecule has 5 heteroatoms. The molecule has 0 radical (unpaired) electrons. The van der Waals surface area contributed by atoms with Crippen LogP contribution in [-0.2, 0) is 6.54 Å². The van der Waals surface area contributed by atoms with E-state index in [1.165, 1.54) is 12.1 Å². The minimum atomic E-state index is -0.409. The van der Waals surface area contributed by atoms with Crippen molar-refractivity contribution in [2.75, 3.05) is 0 Å². The summed E-state index contributed by atoms with van der Waals surface area (Å²) in [6.45, 7) is 4.05. The van der Waals surface area contributed by atoms with Crippen molar-refractivity contribution in [2.24, 2.45) is 0 Å². The molecule has 17 heavy (non-hydrogen) atoms. The number of nitriles is 1. The van der Waals surface area contributed by atoms with Gasteiger partial charge in [0.15, 0.2) is 0 Å². The zero-order valence-corrected chi connectivity index (χ0v) is 9.61. The first-order valence-corrected chi connectivity index (χ1v) is 5.16. The molecule has 0 atom stereocenters. The minimum Gasteiger partial charge on any atom is -0.246 e. The molecular weight excluding hydrogens is 219 g/mol. The molecule has 4 nitrogen and oxygen atoms in total. The molecule has 1 heterocycles. The van der Waals surface area contributed by atoms with Gasteiger partial charge in [0.05, 0.1) is 18.2 Å². The molecule has 2 aromatic rings. The van der Waals surface area contributed by atoms with Crippen LogP contribution in [0.25, 0.3) is 0 Å². The highest BCUT2D eigenvalue weighted by Gasteiger charge is 2.05. The maximum atomic E-state index is 13.2. The maximum Gasteiger partial charge on any atom is 0.147 e. The Labute approximate surface area is 98.3 Å². The highest BCUT2D eigenvalue weighted by molar-refractivity contribution is 5.33. The lowest BCUT2D eigenvalue weighted by Gasteiger charge is -2.04. The fraction of sp³-hybridized carbons (Fsp3) is 0.250. The summed E-state index contributed by atoms with van der Waals surface area (Å²) in [7, 11) is 0. The predicted octanol–water partition coefficient (Wildman–Crippen LogP) is 1.95. The van der Waals surface area contributed by atoms with E-state index in [1.54, 1.807) is 17.7 Å². The van der Waals surface area contributed by atoms with Gasteiger partial charge >= 0.3 is 0 Å². The van der Waals surface area contributed by atoms with Crippen LogP contribution in [0.5, 0.6) is 0 Å². The summed E-state index contributed by atoms with van der Waals surface area (Å²) in [6.07, 6.45) is 0. The van der Waals surface area contributed by atoms with E-state index in [0.717, 1.165) is 5.82 Å². The van der Waals surface area contributed by atoms with Crippen molar-refractivity contribution in [3.63, 3.8) is 0 Å². The third-order valence-corrected chi connectivity index (χ3v) is 2.38. The zero-order valence-electron chi connectivity index (χ0n) is 9.61. The van der Waals surface area contributed by atoms with Crippen LogP contribution >= 0.6 is 0 Å². The van der Waals surface area contributed by atoms with Crippen molar-refractivity contribution in [3.05, 3.63) is 46.8 Å². The van der Waals surface area contributed by atoms with Crippen molar-refractivity contribution >= 4 is 0 Å². The van der Waals surface area contributed by atoms with Crippen LogP contribution < -0.4 is 0 Å². The van der Waals surface area contributed by atoms with Gasteiger partial charge in [0, 0.05) is 0 Å². The first-order valence-electron chi connectivity index (χ1n) is 5.16. The molecule has 0 saturated heterocycles. The second kappa shape index (κ2) is 4.34. The van der Waals surface area contributed by atoms with E-state index in [4.69, 9.17) is 5.26 Å². The van der Waals surface area contributed by atoms with Crippen LogP contribution in [0, 0.1) is 31.0 Å². The fourth-order valence-electron chi connectivity index (χ4n) is 1.69. The largest absolute Gasteiger partial charge is 0.246 e. The number of halogens is 1. The van der Waals surface area contributed by atoms with E-state index in [2.05, 4.69) is 10.1 Å². The number of hydrogen-bond donors (Lipinski definition) is 0. The third kappa shape index (κ3) is 2.48. The molecule has 1 aromatic carbocycles. The smallest absolute Gasteiger partial charge is 0.147 e. The molecule has 2 rings (SSSR count). The summed E-state index contributed by atoms with van der Waals surface area (Å²) in [4.78, 5) is 4.17. The van der Waals surface area contributed by atoms with Gasteiger partial charge in [-0.25, -0.2) is 14.1 Å². The van der Waals surface area contributed by atoms with Gasteiger partial charge in [-0.05, 0) is 37.6 Å². The summed E-state index contributed by atoms with van der Waals surface area (Å²) in [5.74, 6) is 1.04. The number of aryl methyl sites for hydroxylation is 2. The molecule has 0 fully saturated rings. The van der Waals surface area contributed by atoms with Crippen LogP contribution in [0.4, 0.5) is 4.39 Å². The van der Waals surface area contributed by atoms with Crippen molar-refractivity contribution in [1.82, 2.24) is 14.8 Å². The average molecular weight is 230 g/mol. The molecule has 0 bridgehead atoms. The predicted molar refractivity (Wildman–Crippen MR) is 59.7 cm³/mol. The molecule has 0 aliphatic carbocycles. The highest BCUT2D eigenvalue weighted by atomic mass is 19.1. The number of aromatic nitrogens is 3. The van der Waals surface area contributed by atoms with Gasteiger partial charge in [-0.2, -0.15) is 10.4 Å². The number of nitrogens with zero attached hydrogens (tertiary/aromatic N) is 4. The van der Waals surface area contributed by atoms with Gasteiger partial charge in [0.25, 0.3) is 0 Å². The Morgan fingerprint density at radius 2 is 2.12 bits per heavy atom. The zero-order chi connectivity index (χ0) is 12.4. The SMILES string of the molecule is Cc1nc(C)n(Cc2cc(F)cc(C#N)c2)n1. The van der Waals surface area contributed by atoms with Crippen molar-refractivity contribution in [3.8, 4) is 6.07 Å². The molecule has 86 valence electrons. The van der Waals surface area contributed by atoms with Gasteiger partial charge < -0.3 is 0 Å². The Kier molecular flexibility index (Phi) is 2.88. The standard InChI is InChI=1S/C12H11FN4/c1-8-15-9(2)17(16-8)7-11-3-10(6-14)4-12(13)5-11/h3-5H,7H2,1-2H3. The molecule has 0 spiro atoms. The van der Waals surface area contributed by atoms with Crippen LogP contribution in [-0.4, -0.2) is 14.8 Å². The van der Waals surface area contributed by atoms with Crippen LogP contribution in [0.15, 0.2) is 18.2 Å². The number of hydrogen-bond acceptors (Lipinski definition) is 3. The van der Waals surface area contributed by atoms with Gasteiger partial charge in [-0.15, -0.1) is 0 Å². The van der Waals surface area contributed by atoms with Crippen molar-refractivity contribution < 1.29 is 4.39 Å². The molecule has 0 N–H and O–H groups in total. The van der Waals surface area contributed by atoms with E-state index in [0.29, 0.717) is 23.5 Å². The summed E-state index contributed by atoms with van der Waals surface area (Å²) in [5, 5.41) is 13.0. The van der Waals surface area contributed by atoms with Gasteiger partial charge in [-0.3, -0.25) is 0 Å². The van der Waals surface area contributed by atoms with Crippen molar-refractivity contribution in [2.45, 2.75) is 20.4 Å². The first-order chi connectivity index (χ1) is 8.08. The normalized spacial score (nSPS) is 10.2. The monoisotopic (exact) mass is 230 g/mol. The second-order valence-corrected chi connectivity index (χ2v) is 3.82. The van der Waals surface area contributed by atoms with Gasteiger partial charge in [0.2, 0.25) is 0 Å². The summed E-state index contributed by atoms with van der Waals surface area (Å²) >= 11 is 0. The molecular formula is C12H11FN4. The molecule has 1 aromatic heterocycles. The van der Waals surface area contributed by atoms with E-state index >= 15 is 0 Å². The lowest BCUT2D eigenvalue weighted by molar-refractivity contribution is 0.614. The van der Waals surface area contributed by atoms with Crippen LogP contribution in [0.1, 0.15) is 22.8 Å². The van der Waals surface area contributed by atoms with Crippen LogP contribution in [0.2, 0.25) is 0 Å². The van der Waals surface area contributed by atoms with E-state index in [1.807, 2.05) is 13.0 Å². The van der Waals surface area contributed by atoms with E-state index < -0.39 is 5.82 Å². The Hall–Kier alpha value is -2.22. The molecule has 0 unspecified atom stereocenters. The number of rotatable bonds is 2. The topological polar surface area (TPSA) is 54.5 Å². The van der Waals surface area contributed by atoms with Crippen molar-refractivity contribution in [1.29, 1.82) is 5.26 Å². The third-order valence-electron chi connectivity index (χ3n) is 2.38. The second-order valence-electron chi connectivity index (χ2n) is 3.82. The van der Waals surface area contributed by atoms with Crippen LogP contribution in [0.3, 0.4) is 0 Å². The minimum absolute atomic E-state index is 0.314. The van der Waals surface area contributed by atoms with E-state index in [9.17, 15) is 4.39 Å². The summed E-state index contributed by atoms with van der Waals surface area (Å²) in [5.41, 5.74) is 1.02. The Morgan fingerprint density at radius 3 is 2.71 bits per heavy atom. The first kappa shape index (κ1) is 11.3. The summed E-state index contributed by atoms with van der Waals surface area (Å²) < 4.78 is 14.9. The van der Waals surface area contributed by atoms with E-state index in [-0.39, 0.29) is 0 Å². The molecule has 0 amide bonds. The molecule has 0 aliphatic rings. The Morgan fingerprint density at radius 1 is 1.35 bits per heavy atom. The lowest BCUT2D eigenvalue weighted by atomic mass is 10.1. The average Bonchev–Trinajstić information content (AvgIpc) is 2.56. The fourth-order valence-corrected chi connectivity index (χ4v) is 1.69. The molecule has 0 saturated carbocycles. The Balaban J connectivity index is 2.33. The highest BCUT2D eigenvalue weighted by Crippen LogP contribution is 2.10. The summed E-state index contributed by atoms with van der Waals surface area (Å²) in [6, 6.07) is 6.19. The van der Waals surface area contributed by atoms with Gasteiger partial charge in [0.1, 0.15) is 17.5 Å². The molecule has 0 aliphatic heterocycles. The Bertz CT molecular complexity index is 595. The number of benzene rings is 1. The quantitative estimate of drug-likeness (QED) is 0.792. The van der Waals surface area contributed by atoms with Gasteiger partial charge in [-0.1, -0.05) is 0 Å².